The van der Waals surface area contributed by atoms with Crippen molar-refractivity contribution in [2.45, 2.75) is 38.1 Å². The van der Waals surface area contributed by atoms with E-state index < -0.39 is 0 Å². The highest BCUT2D eigenvalue weighted by Gasteiger charge is 2.32. The average Bonchev–Trinajstić information content (AvgIpc) is 3.23. The number of carbonyl (C=O) groups is 1. The number of anilines is 1. The second-order valence-electron chi connectivity index (χ2n) is 9.54. The summed E-state index contributed by atoms with van der Waals surface area (Å²) in [7, 11) is 3.68. The summed E-state index contributed by atoms with van der Waals surface area (Å²) in [5, 5.41) is 0. The van der Waals surface area contributed by atoms with Crippen LogP contribution in [0, 0.1) is 5.92 Å². The predicted molar refractivity (Wildman–Crippen MR) is 132 cm³/mol. The lowest BCUT2D eigenvalue weighted by Gasteiger charge is -2.33. The van der Waals surface area contributed by atoms with Crippen LogP contribution in [0.3, 0.4) is 0 Å². The average molecular weight is 447 g/mol. The summed E-state index contributed by atoms with van der Waals surface area (Å²) in [6.45, 7) is 4.89. The number of aromatic nitrogens is 2. The number of rotatable bonds is 5. The lowest BCUT2D eigenvalue weighted by atomic mass is 9.75. The number of fused-ring (bicyclic) bond motifs is 1. The quantitative estimate of drug-likeness (QED) is 0.548. The number of hydrogen-bond donors (Lipinski definition) is 0. The Kier molecular flexibility index (Phi) is 6.36. The van der Waals surface area contributed by atoms with E-state index in [4.69, 9.17) is 9.72 Å². The molecule has 1 aliphatic carbocycles. The highest BCUT2D eigenvalue weighted by atomic mass is 16.5. The molecule has 174 valence electrons. The first-order valence-electron chi connectivity index (χ1n) is 12.2. The monoisotopic (exact) mass is 446 g/mol. The predicted octanol–water partition coefficient (Wildman–Crippen LogP) is 4.28. The van der Waals surface area contributed by atoms with E-state index in [1.165, 1.54) is 30.2 Å². The van der Waals surface area contributed by atoms with Crippen molar-refractivity contribution in [1.82, 2.24) is 14.5 Å². The summed E-state index contributed by atoms with van der Waals surface area (Å²) >= 11 is 0. The van der Waals surface area contributed by atoms with E-state index in [2.05, 4.69) is 69.9 Å². The number of benzene rings is 2. The molecule has 1 aromatic heterocycles. The molecule has 0 N–H and O–H groups in total. The van der Waals surface area contributed by atoms with Crippen LogP contribution in [0.1, 0.15) is 42.7 Å². The number of hydrogen-bond acceptors (Lipinski definition) is 5. The number of methoxy groups -OCH3 is 1. The molecule has 6 heteroatoms. The largest absolute Gasteiger partial charge is 0.469 e. The SMILES string of the molecule is COC(=O)C1CCCCC1c1ccc(Cn2c(N3CCN(C)CC3)nc3ccccc32)cc1. The molecular formula is C27H34N4O2. The fraction of sp³-hybridized carbons (Fsp3) is 0.481. The molecule has 2 heterocycles. The number of esters is 1. The Hall–Kier alpha value is -2.86. The minimum absolute atomic E-state index is 0.0176. The van der Waals surface area contributed by atoms with Crippen molar-refractivity contribution in [3.63, 3.8) is 0 Å². The first-order valence-corrected chi connectivity index (χ1v) is 12.2. The van der Waals surface area contributed by atoms with Gasteiger partial charge in [-0.15, -0.1) is 0 Å². The molecule has 3 aromatic rings. The molecule has 0 spiro atoms. The van der Waals surface area contributed by atoms with Crippen LogP contribution in [0.4, 0.5) is 5.95 Å². The molecule has 1 saturated carbocycles. The van der Waals surface area contributed by atoms with Crippen LogP contribution >= 0.6 is 0 Å². The van der Waals surface area contributed by atoms with E-state index in [-0.39, 0.29) is 17.8 Å². The summed E-state index contributed by atoms with van der Waals surface area (Å²) < 4.78 is 7.45. The van der Waals surface area contributed by atoms with Crippen LogP contribution in [0.5, 0.6) is 0 Å². The van der Waals surface area contributed by atoms with Gasteiger partial charge in [0.15, 0.2) is 0 Å². The third-order valence-corrected chi connectivity index (χ3v) is 7.44. The molecule has 1 saturated heterocycles. The molecule has 2 aliphatic rings. The lowest BCUT2D eigenvalue weighted by Crippen LogP contribution is -2.45. The van der Waals surface area contributed by atoms with Crippen LogP contribution in [0.2, 0.25) is 0 Å². The van der Waals surface area contributed by atoms with Gasteiger partial charge in [0.05, 0.1) is 30.6 Å². The Morgan fingerprint density at radius 2 is 1.73 bits per heavy atom. The summed E-state index contributed by atoms with van der Waals surface area (Å²) in [6.07, 6.45) is 4.26. The minimum atomic E-state index is -0.0644. The topological polar surface area (TPSA) is 50.6 Å². The van der Waals surface area contributed by atoms with Gasteiger partial charge in [-0.25, -0.2) is 4.98 Å². The van der Waals surface area contributed by atoms with Gasteiger partial charge in [-0.3, -0.25) is 4.79 Å². The molecule has 2 aromatic carbocycles. The zero-order chi connectivity index (χ0) is 22.8. The van der Waals surface area contributed by atoms with Crippen LogP contribution in [0.25, 0.3) is 11.0 Å². The van der Waals surface area contributed by atoms with Crippen LogP contribution in [0.15, 0.2) is 48.5 Å². The number of carbonyl (C=O) groups excluding carboxylic acids is 1. The maximum atomic E-state index is 12.3. The van der Waals surface area contributed by atoms with Gasteiger partial charge in [0.1, 0.15) is 0 Å². The van der Waals surface area contributed by atoms with Gasteiger partial charge in [-0.05, 0) is 49.1 Å². The zero-order valence-electron chi connectivity index (χ0n) is 19.7. The Bertz CT molecular complexity index is 1100. The minimum Gasteiger partial charge on any atom is -0.469 e. The summed E-state index contributed by atoms with van der Waals surface area (Å²) in [5.41, 5.74) is 4.73. The van der Waals surface area contributed by atoms with Gasteiger partial charge in [0.25, 0.3) is 0 Å². The molecule has 2 atom stereocenters. The Labute approximate surface area is 196 Å². The van der Waals surface area contributed by atoms with Crippen LogP contribution in [-0.4, -0.2) is 60.8 Å². The molecule has 33 heavy (non-hydrogen) atoms. The van der Waals surface area contributed by atoms with E-state index in [9.17, 15) is 4.79 Å². The third-order valence-electron chi connectivity index (χ3n) is 7.44. The normalized spacial score (nSPS) is 21.9. The standard InChI is InChI=1S/C27H34N4O2/c1-29-15-17-30(18-16-29)27-28-24-9-5-6-10-25(24)31(27)19-20-11-13-21(14-12-20)22-7-3-4-8-23(22)26(32)33-2/h5-6,9-14,22-23H,3-4,7-8,15-19H2,1-2H3. The first-order chi connectivity index (χ1) is 16.1. The van der Waals surface area contributed by atoms with Crippen LogP contribution in [-0.2, 0) is 16.1 Å². The zero-order valence-corrected chi connectivity index (χ0v) is 19.7. The maximum absolute atomic E-state index is 12.3. The third kappa shape index (κ3) is 4.49. The van der Waals surface area contributed by atoms with Gasteiger partial charge in [-0.1, -0.05) is 49.2 Å². The molecule has 0 bridgehead atoms. The molecule has 6 nitrogen and oxygen atoms in total. The van der Waals surface area contributed by atoms with Gasteiger partial charge in [0, 0.05) is 26.2 Å². The van der Waals surface area contributed by atoms with E-state index in [0.29, 0.717) is 0 Å². The van der Waals surface area contributed by atoms with Crippen molar-refractivity contribution in [3.05, 3.63) is 59.7 Å². The maximum Gasteiger partial charge on any atom is 0.309 e. The molecule has 0 amide bonds. The van der Waals surface area contributed by atoms with E-state index in [1.807, 2.05) is 0 Å². The number of ether oxygens (including phenoxy) is 1. The molecule has 1 aliphatic heterocycles. The number of para-hydroxylation sites is 2. The molecule has 2 fully saturated rings. The number of likely N-dealkylation sites (N-methyl/N-ethyl adjacent to an activating group) is 1. The van der Waals surface area contributed by atoms with Crippen molar-refractivity contribution in [2.24, 2.45) is 5.92 Å². The molecular weight excluding hydrogens is 412 g/mol. The number of imidazole rings is 1. The second kappa shape index (κ2) is 9.56. The van der Waals surface area contributed by atoms with Crippen molar-refractivity contribution in [3.8, 4) is 0 Å². The van der Waals surface area contributed by atoms with E-state index >= 15 is 0 Å². The van der Waals surface area contributed by atoms with Gasteiger partial charge in [-0.2, -0.15) is 0 Å². The molecule has 2 unspecified atom stereocenters. The Morgan fingerprint density at radius 3 is 2.48 bits per heavy atom. The van der Waals surface area contributed by atoms with Gasteiger partial charge >= 0.3 is 5.97 Å². The Balaban J connectivity index is 1.41. The fourth-order valence-electron chi connectivity index (χ4n) is 5.48. The Morgan fingerprint density at radius 1 is 1.00 bits per heavy atom. The van der Waals surface area contributed by atoms with E-state index in [0.717, 1.165) is 63.5 Å². The number of nitrogens with zero attached hydrogens (tertiary/aromatic N) is 4. The fourth-order valence-corrected chi connectivity index (χ4v) is 5.48. The van der Waals surface area contributed by atoms with Crippen molar-refractivity contribution >= 4 is 23.0 Å². The summed E-state index contributed by atoms with van der Waals surface area (Å²) in [5.74, 6) is 1.24. The van der Waals surface area contributed by atoms with Gasteiger partial charge in [0.2, 0.25) is 5.95 Å². The van der Waals surface area contributed by atoms with E-state index in [1.54, 1.807) is 0 Å². The summed E-state index contributed by atoms with van der Waals surface area (Å²) in [6, 6.07) is 17.3. The smallest absolute Gasteiger partial charge is 0.309 e. The van der Waals surface area contributed by atoms with Crippen LogP contribution < -0.4 is 4.90 Å². The second-order valence-corrected chi connectivity index (χ2v) is 9.54. The summed E-state index contributed by atoms with van der Waals surface area (Å²) in [4.78, 5) is 22.1. The number of piperazine rings is 1. The van der Waals surface area contributed by atoms with Crippen molar-refractivity contribution in [2.75, 3.05) is 45.2 Å². The molecule has 0 radical (unpaired) electrons. The highest BCUT2D eigenvalue weighted by Crippen LogP contribution is 2.38. The van der Waals surface area contributed by atoms with Gasteiger partial charge < -0.3 is 19.1 Å². The highest BCUT2D eigenvalue weighted by molar-refractivity contribution is 5.79. The lowest BCUT2D eigenvalue weighted by molar-refractivity contribution is -0.147. The van der Waals surface area contributed by atoms with Crippen molar-refractivity contribution < 1.29 is 9.53 Å². The molecule has 5 rings (SSSR count). The van der Waals surface area contributed by atoms with Crippen molar-refractivity contribution in [1.29, 1.82) is 0 Å². The first kappa shape index (κ1) is 22.0.